The van der Waals surface area contributed by atoms with Crippen LogP contribution < -0.4 is 5.32 Å². The Morgan fingerprint density at radius 3 is 2.94 bits per heavy atom. The van der Waals surface area contributed by atoms with E-state index in [2.05, 4.69) is 15.0 Å². The largest absolute Gasteiger partial charge is 0.465 e. The Morgan fingerprint density at radius 2 is 2.33 bits per heavy atom. The number of rotatable bonds is 7. The summed E-state index contributed by atoms with van der Waals surface area (Å²) in [6.07, 6.45) is 2.09. The maximum absolute atomic E-state index is 11.5. The summed E-state index contributed by atoms with van der Waals surface area (Å²) in [5.74, 6) is -0.0226. The number of hydrogen-bond donors (Lipinski definition) is 2. The summed E-state index contributed by atoms with van der Waals surface area (Å²) in [7, 11) is 2.89. The van der Waals surface area contributed by atoms with Gasteiger partial charge in [-0.15, -0.1) is 0 Å². The topological polar surface area (TPSA) is 80.7 Å². The number of pyridine rings is 1. The number of esters is 1. The molecule has 1 heterocycles. The lowest BCUT2D eigenvalue weighted by Crippen LogP contribution is -2.27. The molecule has 1 rings (SSSR count). The van der Waals surface area contributed by atoms with Gasteiger partial charge in [-0.1, -0.05) is 0 Å². The van der Waals surface area contributed by atoms with Crippen molar-refractivity contribution in [2.24, 2.45) is 0 Å². The van der Waals surface area contributed by atoms with Gasteiger partial charge in [-0.3, -0.25) is 0 Å². The molecule has 0 aliphatic heterocycles. The third-order valence-corrected chi connectivity index (χ3v) is 2.40. The van der Waals surface area contributed by atoms with Crippen LogP contribution >= 0.6 is 0 Å². The molecule has 0 saturated carbocycles. The van der Waals surface area contributed by atoms with E-state index in [-0.39, 0.29) is 12.6 Å². The summed E-state index contributed by atoms with van der Waals surface area (Å²) in [5.41, 5.74) is 0.360. The summed E-state index contributed by atoms with van der Waals surface area (Å²) >= 11 is 0. The van der Waals surface area contributed by atoms with E-state index in [1.807, 2.05) is 0 Å². The van der Waals surface area contributed by atoms with Crippen molar-refractivity contribution in [3.8, 4) is 0 Å². The van der Waals surface area contributed by atoms with Crippen LogP contribution in [-0.4, -0.2) is 49.5 Å². The molecule has 2 N–H and O–H groups in total. The van der Waals surface area contributed by atoms with Crippen LogP contribution in [0.5, 0.6) is 0 Å². The zero-order valence-corrected chi connectivity index (χ0v) is 10.5. The van der Waals surface area contributed by atoms with E-state index in [1.165, 1.54) is 7.11 Å². The van der Waals surface area contributed by atoms with Crippen molar-refractivity contribution in [2.45, 2.75) is 12.5 Å². The third kappa shape index (κ3) is 3.97. The first-order valence-corrected chi connectivity index (χ1v) is 5.62. The van der Waals surface area contributed by atoms with Gasteiger partial charge in [0, 0.05) is 19.9 Å². The summed E-state index contributed by atoms with van der Waals surface area (Å²) in [6, 6.07) is 3.18. The van der Waals surface area contributed by atoms with Crippen LogP contribution in [-0.2, 0) is 9.47 Å². The van der Waals surface area contributed by atoms with Gasteiger partial charge in [0.1, 0.15) is 11.4 Å². The minimum Gasteiger partial charge on any atom is -0.465 e. The summed E-state index contributed by atoms with van der Waals surface area (Å²) < 4.78 is 9.72. The number of aliphatic hydroxyl groups is 1. The number of anilines is 1. The number of nitrogens with one attached hydrogen (secondary N) is 1. The van der Waals surface area contributed by atoms with E-state index in [0.717, 1.165) is 0 Å². The summed E-state index contributed by atoms with van der Waals surface area (Å²) in [5, 5.41) is 12.0. The normalized spacial score (nSPS) is 11.9. The first-order valence-electron chi connectivity index (χ1n) is 5.62. The third-order valence-electron chi connectivity index (χ3n) is 2.40. The molecule has 0 amide bonds. The maximum Gasteiger partial charge on any atom is 0.341 e. The fraction of sp³-hybridized carbons (Fsp3) is 0.500. The zero-order chi connectivity index (χ0) is 13.4. The summed E-state index contributed by atoms with van der Waals surface area (Å²) in [4.78, 5) is 15.7. The van der Waals surface area contributed by atoms with Gasteiger partial charge in [-0.05, 0) is 18.6 Å². The van der Waals surface area contributed by atoms with Crippen LogP contribution in [0.2, 0.25) is 0 Å². The molecule has 6 heteroatoms. The van der Waals surface area contributed by atoms with Gasteiger partial charge in [0.2, 0.25) is 0 Å². The van der Waals surface area contributed by atoms with Crippen molar-refractivity contribution >= 4 is 11.8 Å². The van der Waals surface area contributed by atoms with Crippen molar-refractivity contribution < 1.29 is 19.4 Å². The standard InChI is InChI=1S/C12H18N2O4/c1-17-8-9(5-7-15)14-11-10(12(16)18-2)4-3-6-13-11/h3-4,6,9,15H,5,7-8H2,1-2H3,(H,13,14). The molecule has 0 spiro atoms. The lowest BCUT2D eigenvalue weighted by molar-refractivity contribution is 0.0601. The average Bonchev–Trinajstić information content (AvgIpc) is 2.39. The minimum absolute atomic E-state index is 0.0292. The average molecular weight is 254 g/mol. The molecule has 0 aliphatic rings. The Labute approximate surface area is 106 Å². The van der Waals surface area contributed by atoms with Crippen LogP contribution in [0.4, 0.5) is 5.82 Å². The van der Waals surface area contributed by atoms with Gasteiger partial charge in [0.25, 0.3) is 0 Å². The lowest BCUT2D eigenvalue weighted by atomic mass is 10.2. The zero-order valence-electron chi connectivity index (χ0n) is 10.5. The second-order valence-electron chi connectivity index (χ2n) is 3.70. The van der Waals surface area contributed by atoms with Crippen molar-refractivity contribution in [3.05, 3.63) is 23.9 Å². The Morgan fingerprint density at radius 1 is 1.56 bits per heavy atom. The minimum atomic E-state index is -0.453. The number of aromatic nitrogens is 1. The predicted octanol–water partition coefficient (Wildman–Crippen LogP) is 0.677. The lowest BCUT2D eigenvalue weighted by Gasteiger charge is -2.18. The molecule has 1 unspecified atom stereocenters. The second kappa shape index (κ2) is 7.62. The molecular formula is C12H18N2O4. The van der Waals surface area contributed by atoms with Crippen molar-refractivity contribution in [2.75, 3.05) is 32.8 Å². The Bertz CT molecular complexity index is 378. The SMILES string of the molecule is COCC(CCO)Nc1ncccc1C(=O)OC. The molecule has 0 aromatic carbocycles. The Balaban J connectivity index is 2.84. The molecule has 1 aromatic rings. The predicted molar refractivity (Wildman–Crippen MR) is 66.6 cm³/mol. The van der Waals surface area contributed by atoms with E-state index in [0.29, 0.717) is 24.4 Å². The number of hydrogen-bond acceptors (Lipinski definition) is 6. The van der Waals surface area contributed by atoms with Gasteiger partial charge in [-0.25, -0.2) is 9.78 Å². The number of ether oxygens (including phenoxy) is 2. The highest BCUT2D eigenvalue weighted by molar-refractivity contribution is 5.94. The van der Waals surface area contributed by atoms with Crippen LogP contribution in [0, 0.1) is 0 Å². The smallest absolute Gasteiger partial charge is 0.341 e. The molecule has 6 nitrogen and oxygen atoms in total. The van der Waals surface area contributed by atoms with Gasteiger partial charge in [-0.2, -0.15) is 0 Å². The first kappa shape index (κ1) is 14.4. The molecule has 0 saturated heterocycles. The second-order valence-corrected chi connectivity index (χ2v) is 3.70. The molecule has 1 atom stereocenters. The van der Waals surface area contributed by atoms with Gasteiger partial charge < -0.3 is 19.9 Å². The fourth-order valence-corrected chi connectivity index (χ4v) is 1.54. The molecule has 18 heavy (non-hydrogen) atoms. The molecule has 0 bridgehead atoms. The monoisotopic (exact) mass is 254 g/mol. The molecule has 0 fully saturated rings. The number of aliphatic hydroxyl groups excluding tert-OH is 1. The molecule has 100 valence electrons. The Hall–Kier alpha value is -1.66. The van der Waals surface area contributed by atoms with Crippen molar-refractivity contribution in [3.63, 3.8) is 0 Å². The van der Waals surface area contributed by atoms with E-state index in [9.17, 15) is 4.79 Å². The highest BCUT2D eigenvalue weighted by Crippen LogP contribution is 2.14. The fourth-order valence-electron chi connectivity index (χ4n) is 1.54. The Kier molecular flexibility index (Phi) is 6.10. The number of methoxy groups -OCH3 is 2. The van der Waals surface area contributed by atoms with Crippen LogP contribution in [0.3, 0.4) is 0 Å². The van der Waals surface area contributed by atoms with Crippen molar-refractivity contribution in [1.82, 2.24) is 4.98 Å². The number of carbonyl (C=O) groups is 1. The van der Waals surface area contributed by atoms with Crippen LogP contribution in [0.25, 0.3) is 0 Å². The van der Waals surface area contributed by atoms with Crippen LogP contribution in [0.1, 0.15) is 16.8 Å². The van der Waals surface area contributed by atoms with Crippen molar-refractivity contribution in [1.29, 1.82) is 0 Å². The van der Waals surface area contributed by atoms with Gasteiger partial charge in [0.05, 0.1) is 19.8 Å². The van der Waals surface area contributed by atoms with Gasteiger partial charge >= 0.3 is 5.97 Å². The number of nitrogens with zero attached hydrogens (tertiary/aromatic N) is 1. The maximum atomic E-state index is 11.5. The molecule has 1 aromatic heterocycles. The highest BCUT2D eigenvalue weighted by Gasteiger charge is 2.15. The first-order chi connectivity index (χ1) is 8.72. The molecular weight excluding hydrogens is 236 g/mol. The highest BCUT2D eigenvalue weighted by atomic mass is 16.5. The molecule has 0 radical (unpaired) electrons. The summed E-state index contributed by atoms with van der Waals surface area (Å²) in [6.45, 7) is 0.444. The quantitative estimate of drug-likeness (QED) is 0.696. The van der Waals surface area contributed by atoms with E-state index in [1.54, 1.807) is 25.4 Å². The van der Waals surface area contributed by atoms with E-state index >= 15 is 0 Å². The number of carbonyl (C=O) groups excluding carboxylic acids is 1. The molecule has 0 aliphatic carbocycles. The van der Waals surface area contributed by atoms with Crippen LogP contribution in [0.15, 0.2) is 18.3 Å². The van der Waals surface area contributed by atoms with Gasteiger partial charge in [0.15, 0.2) is 0 Å². The van der Waals surface area contributed by atoms with E-state index < -0.39 is 5.97 Å². The van der Waals surface area contributed by atoms with E-state index in [4.69, 9.17) is 9.84 Å².